The van der Waals surface area contributed by atoms with Gasteiger partial charge in [0.25, 0.3) is 0 Å². The van der Waals surface area contributed by atoms with Gasteiger partial charge in [-0.2, -0.15) is 4.31 Å². The average Bonchev–Trinajstić information content (AvgIpc) is 2.63. The molecule has 1 heterocycles. The van der Waals surface area contributed by atoms with E-state index in [-0.39, 0.29) is 28.3 Å². The molecule has 1 amide bonds. The lowest BCUT2D eigenvalue weighted by Crippen LogP contribution is -2.35. The molecule has 1 aliphatic rings. The number of ether oxygens (including phenoxy) is 1. The van der Waals surface area contributed by atoms with Crippen molar-refractivity contribution in [2.75, 3.05) is 36.5 Å². The van der Waals surface area contributed by atoms with Crippen molar-refractivity contribution in [1.29, 1.82) is 0 Å². The summed E-state index contributed by atoms with van der Waals surface area (Å²) in [6.07, 6.45) is 2.78. The van der Waals surface area contributed by atoms with Gasteiger partial charge in [-0.15, -0.1) is 11.8 Å². The van der Waals surface area contributed by atoms with Gasteiger partial charge in [0.1, 0.15) is 0 Å². The number of nitrogens with one attached hydrogen (secondary N) is 1. The van der Waals surface area contributed by atoms with Crippen molar-refractivity contribution >= 4 is 39.3 Å². The van der Waals surface area contributed by atoms with Crippen LogP contribution < -0.4 is 5.32 Å². The largest absolute Gasteiger partial charge is 0.465 e. The highest BCUT2D eigenvalue weighted by Gasteiger charge is 2.26. The van der Waals surface area contributed by atoms with Gasteiger partial charge in [0.05, 0.1) is 23.0 Å². The van der Waals surface area contributed by atoms with Gasteiger partial charge in [0.2, 0.25) is 15.9 Å². The predicted molar refractivity (Wildman–Crippen MR) is 102 cm³/mol. The molecule has 1 aromatic rings. The molecule has 1 saturated heterocycles. The maximum absolute atomic E-state index is 12.7. The maximum atomic E-state index is 12.7. The lowest BCUT2D eigenvalue weighted by atomic mass is 10.2. The molecule has 1 N–H and O–H groups in total. The van der Waals surface area contributed by atoms with Gasteiger partial charge in [-0.3, -0.25) is 9.59 Å². The van der Waals surface area contributed by atoms with Crippen LogP contribution in [0.3, 0.4) is 0 Å². The Balaban J connectivity index is 1.94. The number of esters is 1. The molecule has 2 rings (SSSR count). The number of piperidine rings is 1. The normalized spacial score (nSPS) is 15.4. The molecule has 26 heavy (non-hydrogen) atoms. The zero-order valence-electron chi connectivity index (χ0n) is 14.8. The van der Waals surface area contributed by atoms with Crippen molar-refractivity contribution in [1.82, 2.24) is 4.31 Å². The smallest absolute Gasteiger partial charge is 0.315 e. The van der Waals surface area contributed by atoms with Gasteiger partial charge in [-0.25, -0.2) is 8.42 Å². The van der Waals surface area contributed by atoms with Gasteiger partial charge in [0, 0.05) is 18.8 Å². The molecule has 0 aliphatic carbocycles. The van der Waals surface area contributed by atoms with E-state index in [2.05, 4.69) is 5.32 Å². The van der Waals surface area contributed by atoms with E-state index >= 15 is 0 Å². The van der Waals surface area contributed by atoms with Crippen LogP contribution >= 0.6 is 11.8 Å². The van der Waals surface area contributed by atoms with Crippen molar-refractivity contribution in [3.05, 3.63) is 24.3 Å². The number of amides is 1. The van der Waals surface area contributed by atoms with Gasteiger partial charge in [-0.1, -0.05) is 12.5 Å². The van der Waals surface area contributed by atoms with Crippen LogP contribution in [0, 0.1) is 0 Å². The first kappa shape index (κ1) is 20.7. The number of nitrogens with zero attached hydrogens (tertiary/aromatic N) is 1. The minimum atomic E-state index is -3.54. The molecule has 0 radical (unpaired) electrons. The molecule has 0 atom stereocenters. The number of benzene rings is 1. The Kier molecular flexibility index (Phi) is 7.92. The Bertz CT molecular complexity index is 730. The summed E-state index contributed by atoms with van der Waals surface area (Å²) < 4.78 is 31.7. The van der Waals surface area contributed by atoms with Gasteiger partial charge < -0.3 is 10.1 Å². The fourth-order valence-corrected chi connectivity index (χ4v) is 4.79. The van der Waals surface area contributed by atoms with Gasteiger partial charge in [0.15, 0.2) is 0 Å². The summed E-state index contributed by atoms with van der Waals surface area (Å²) in [5.41, 5.74) is 0.421. The molecule has 144 valence electrons. The number of sulfonamides is 1. The second kappa shape index (κ2) is 9.94. The van der Waals surface area contributed by atoms with Crippen molar-refractivity contribution in [3.8, 4) is 0 Å². The highest BCUT2D eigenvalue weighted by molar-refractivity contribution is 8.00. The van der Waals surface area contributed by atoms with E-state index in [0.717, 1.165) is 31.0 Å². The highest BCUT2D eigenvalue weighted by Crippen LogP contribution is 2.23. The Morgan fingerprint density at radius 2 is 1.92 bits per heavy atom. The number of hydrogen-bond donors (Lipinski definition) is 1. The lowest BCUT2D eigenvalue weighted by molar-refractivity contribution is -0.139. The average molecular weight is 401 g/mol. The highest BCUT2D eigenvalue weighted by atomic mass is 32.2. The standard InChI is InChI=1S/C17H24N2O5S2/c1-2-24-17(21)13-25-12-16(20)18-14-7-6-8-15(11-14)26(22,23)19-9-4-3-5-10-19/h6-8,11H,2-5,9-10,12-13H2,1H3,(H,18,20). The molecule has 0 unspecified atom stereocenters. The van der Waals surface area contributed by atoms with Crippen LogP contribution in [-0.4, -0.2) is 55.8 Å². The third-order valence-electron chi connectivity index (χ3n) is 3.83. The number of hydrogen-bond acceptors (Lipinski definition) is 6. The Morgan fingerprint density at radius 1 is 1.19 bits per heavy atom. The molecule has 0 spiro atoms. The molecule has 7 nitrogen and oxygen atoms in total. The van der Waals surface area contributed by atoms with E-state index in [1.807, 2.05) is 0 Å². The predicted octanol–water partition coefficient (Wildman–Crippen LogP) is 2.10. The van der Waals surface area contributed by atoms with Crippen molar-refractivity contribution in [3.63, 3.8) is 0 Å². The summed E-state index contributed by atoms with van der Waals surface area (Å²) in [6.45, 7) is 3.09. The van der Waals surface area contributed by atoms with Crippen LogP contribution in [0.2, 0.25) is 0 Å². The first-order valence-electron chi connectivity index (χ1n) is 8.57. The molecule has 1 fully saturated rings. The van der Waals surface area contributed by atoms with Crippen LogP contribution in [0.15, 0.2) is 29.2 Å². The van der Waals surface area contributed by atoms with E-state index in [1.165, 1.54) is 16.4 Å². The van der Waals surface area contributed by atoms with Gasteiger partial charge in [-0.05, 0) is 38.0 Å². The van der Waals surface area contributed by atoms with Crippen LogP contribution in [0.5, 0.6) is 0 Å². The Hall–Kier alpha value is -1.58. The van der Waals surface area contributed by atoms with E-state index in [0.29, 0.717) is 25.4 Å². The summed E-state index contributed by atoms with van der Waals surface area (Å²) in [7, 11) is -3.54. The number of rotatable bonds is 8. The Labute approximate surface area is 158 Å². The molecular formula is C17H24N2O5S2. The number of carbonyl (C=O) groups is 2. The number of anilines is 1. The minimum Gasteiger partial charge on any atom is -0.465 e. The number of carbonyl (C=O) groups excluding carboxylic acids is 2. The summed E-state index contributed by atoms with van der Waals surface area (Å²) in [5, 5.41) is 2.67. The van der Waals surface area contributed by atoms with Crippen LogP contribution in [0.4, 0.5) is 5.69 Å². The molecule has 1 aliphatic heterocycles. The van der Waals surface area contributed by atoms with Crippen LogP contribution in [0.1, 0.15) is 26.2 Å². The zero-order chi connectivity index (χ0) is 19.0. The summed E-state index contributed by atoms with van der Waals surface area (Å²) in [4.78, 5) is 23.4. The third kappa shape index (κ3) is 6.00. The third-order valence-corrected chi connectivity index (χ3v) is 6.63. The van der Waals surface area contributed by atoms with Crippen LogP contribution in [0.25, 0.3) is 0 Å². The SMILES string of the molecule is CCOC(=O)CSCC(=O)Nc1cccc(S(=O)(=O)N2CCCCC2)c1. The first-order chi connectivity index (χ1) is 12.4. The van der Waals surface area contributed by atoms with Gasteiger partial charge >= 0.3 is 5.97 Å². The van der Waals surface area contributed by atoms with Crippen molar-refractivity contribution in [2.24, 2.45) is 0 Å². The molecule has 1 aromatic carbocycles. The quantitative estimate of drug-likeness (QED) is 0.672. The van der Waals surface area contributed by atoms with E-state index in [1.54, 1.807) is 19.1 Å². The molecular weight excluding hydrogens is 376 g/mol. The second-order valence-electron chi connectivity index (χ2n) is 5.84. The monoisotopic (exact) mass is 400 g/mol. The maximum Gasteiger partial charge on any atom is 0.315 e. The molecule has 0 saturated carbocycles. The topological polar surface area (TPSA) is 92.8 Å². The number of thioether (sulfide) groups is 1. The fourth-order valence-electron chi connectivity index (χ4n) is 2.62. The summed E-state index contributed by atoms with van der Waals surface area (Å²) in [5.74, 6) is -0.473. The molecule has 0 bridgehead atoms. The zero-order valence-corrected chi connectivity index (χ0v) is 16.4. The van der Waals surface area contributed by atoms with E-state index < -0.39 is 10.0 Å². The lowest BCUT2D eigenvalue weighted by Gasteiger charge is -2.26. The first-order valence-corrected chi connectivity index (χ1v) is 11.2. The fraction of sp³-hybridized carbons (Fsp3) is 0.529. The Morgan fingerprint density at radius 3 is 2.62 bits per heavy atom. The second-order valence-corrected chi connectivity index (χ2v) is 8.76. The van der Waals surface area contributed by atoms with E-state index in [9.17, 15) is 18.0 Å². The molecule has 9 heteroatoms. The van der Waals surface area contributed by atoms with Crippen molar-refractivity contribution < 1.29 is 22.7 Å². The van der Waals surface area contributed by atoms with Crippen molar-refractivity contribution in [2.45, 2.75) is 31.1 Å². The van der Waals surface area contributed by atoms with Crippen LogP contribution in [-0.2, 0) is 24.3 Å². The summed E-state index contributed by atoms with van der Waals surface area (Å²) >= 11 is 1.15. The minimum absolute atomic E-state index is 0.0852. The summed E-state index contributed by atoms with van der Waals surface area (Å²) in [6, 6.07) is 6.26. The van der Waals surface area contributed by atoms with E-state index in [4.69, 9.17) is 4.74 Å². The molecule has 0 aromatic heterocycles.